The van der Waals surface area contributed by atoms with E-state index in [1.54, 1.807) is 0 Å². The average molecular weight is 248 g/mol. The van der Waals surface area contributed by atoms with Crippen molar-refractivity contribution >= 4 is 5.69 Å². The zero-order valence-electron chi connectivity index (χ0n) is 11.6. The molecular weight excluding hydrogens is 224 g/mol. The van der Waals surface area contributed by atoms with Gasteiger partial charge in [0.25, 0.3) is 0 Å². The van der Waals surface area contributed by atoms with E-state index in [0.29, 0.717) is 5.92 Å². The number of rotatable bonds is 4. The molecule has 1 aromatic rings. The number of nitrogens with two attached hydrogens (primary N) is 1. The highest BCUT2D eigenvalue weighted by molar-refractivity contribution is 5.61. The van der Waals surface area contributed by atoms with Gasteiger partial charge in [0.1, 0.15) is 11.9 Å². The number of aryl methyl sites for hydroxylation is 1. The Bertz CT molecular complexity index is 403. The lowest BCUT2D eigenvalue weighted by Crippen LogP contribution is -2.43. The highest BCUT2D eigenvalue weighted by atomic mass is 16.5. The summed E-state index contributed by atoms with van der Waals surface area (Å²) >= 11 is 0. The van der Waals surface area contributed by atoms with E-state index in [0.717, 1.165) is 31.8 Å². The Morgan fingerprint density at radius 3 is 2.89 bits per heavy atom. The monoisotopic (exact) mass is 248 g/mol. The summed E-state index contributed by atoms with van der Waals surface area (Å²) in [5, 5.41) is 0. The molecule has 0 saturated heterocycles. The summed E-state index contributed by atoms with van der Waals surface area (Å²) in [7, 11) is 0. The Labute approximate surface area is 110 Å². The van der Waals surface area contributed by atoms with Crippen LogP contribution in [0.15, 0.2) is 18.2 Å². The van der Waals surface area contributed by atoms with Crippen LogP contribution in [-0.4, -0.2) is 25.7 Å². The van der Waals surface area contributed by atoms with Crippen molar-refractivity contribution in [1.29, 1.82) is 0 Å². The van der Waals surface area contributed by atoms with Gasteiger partial charge in [-0.2, -0.15) is 0 Å². The second-order valence-corrected chi connectivity index (χ2v) is 5.46. The molecule has 1 aliphatic heterocycles. The van der Waals surface area contributed by atoms with Gasteiger partial charge in [0, 0.05) is 6.54 Å². The van der Waals surface area contributed by atoms with Crippen LogP contribution >= 0.6 is 0 Å². The van der Waals surface area contributed by atoms with Gasteiger partial charge in [-0.05, 0) is 43.5 Å². The van der Waals surface area contributed by atoms with Crippen LogP contribution in [0.25, 0.3) is 0 Å². The average Bonchev–Trinajstić information content (AvgIpc) is 2.35. The predicted molar refractivity (Wildman–Crippen MR) is 76.3 cm³/mol. The van der Waals surface area contributed by atoms with Crippen LogP contribution in [0.3, 0.4) is 0 Å². The smallest absolute Gasteiger partial charge is 0.143 e. The van der Waals surface area contributed by atoms with Gasteiger partial charge in [-0.1, -0.05) is 19.9 Å². The Morgan fingerprint density at radius 1 is 1.44 bits per heavy atom. The summed E-state index contributed by atoms with van der Waals surface area (Å²) in [4.78, 5) is 2.42. The molecule has 2 rings (SSSR count). The molecule has 1 unspecified atom stereocenters. The van der Waals surface area contributed by atoms with Crippen LogP contribution in [0.1, 0.15) is 25.8 Å². The third-order valence-corrected chi connectivity index (χ3v) is 3.51. The summed E-state index contributed by atoms with van der Waals surface area (Å²) in [6, 6.07) is 6.42. The Balaban J connectivity index is 2.25. The van der Waals surface area contributed by atoms with Crippen molar-refractivity contribution in [3.63, 3.8) is 0 Å². The molecule has 1 atom stereocenters. The molecule has 100 valence electrons. The van der Waals surface area contributed by atoms with Crippen molar-refractivity contribution < 1.29 is 4.74 Å². The van der Waals surface area contributed by atoms with E-state index >= 15 is 0 Å². The summed E-state index contributed by atoms with van der Waals surface area (Å²) in [5.74, 6) is 1.54. The standard InChI is InChI=1S/C15H24N2O/c1-11(2)15-10-17(8-4-7-16)13-9-12(3)5-6-14(13)18-15/h5-6,9,11,15H,4,7-8,10,16H2,1-3H3. The van der Waals surface area contributed by atoms with Crippen molar-refractivity contribution in [3.8, 4) is 5.75 Å². The fraction of sp³-hybridized carbons (Fsp3) is 0.600. The first-order valence-electron chi connectivity index (χ1n) is 6.84. The first-order chi connectivity index (χ1) is 8.61. The molecule has 1 aliphatic rings. The minimum atomic E-state index is 0.276. The van der Waals surface area contributed by atoms with Crippen molar-refractivity contribution in [3.05, 3.63) is 23.8 Å². The van der Waals surface area contributed by atoms with Crippen LogP contribution in [0.5, 0.6) is 5.75 Å². The molecule has 0 bridgehead atoms. The van der Waals surface area contributed by atoms with Crippen molar-refractivity contribution in [1.82, 2.24) is 0 Å². The van der Waals surface area contributed by atoms with E-state index in [9.17, 15) is 0 Å². The van der Waals surface area contributed by atoms with Crippen LogP contribution in [0.2, 0.25) is 0 Å². The number of fused-ring (bicyclic) bond motifs is 1. The molecule has 3 heteroatoms. The maximum atomic E-state index is 6.09. The molecule has 1 heterocycles. The molecule has 0 spiro atoms. The molecule has 2 N–H and O–H groups in total. The largest absolute Gasteiger partial charge is 0.486 e. The summed E-state index contributed by atoms with van der Waals surface area (Å²) in [6.07, 6.45) is 1.30. The van der Waals surface area contributed by atoms with Crippen LogP contribution in [0, 0.1) is 12.8 Å². The van der Waals surface area contributed by atoms with Crippen LogP contribution in [0.4, 0.5) is 5.69 Å². The quantitative estimate of drug-likeness (QED) is 0.890. The Hall–Kier alpha value is -1.22. The lowest BCUT2D eigenvalue weighted by molar-refractivity contribution is 0.145. The second-order valence-electron chi connectivity index (χ2n) is 5.46. The summed E-state index contributed by atoms with van der Waals surface area (Å²) in [6.45, 7) is 9.27. The highest BCUT2D eigenvalue weighted by Gasteiger charge is 2.27. The molecule has 3 nitrogen and oxygen atoms in total. The van der Waals surface area contributed by atoms with E-state index in [4.69, 9.17) is 10.5 Å². The molecule has 0 saturated carbocycles. The fourth-order valence-corrected chi connectivity index (χ4v) is 2.33. The number of anilines is 1. The first-order valence-corrected chi connectivity index (χ1v) is 6.84. The van der Waals surface area contributed by atoms with Gasteiger partial charge in [-0.3, -0.25) is 0 Å². The van der Waals surface area contributed by atoms with Gasteiger partial charge in [0.05, 0.1) is 12.2 Å². The Morgan fingerprint density at radius 2 is 2.22 bits per heavy atom. The lowest BCUT2D eigenvalue weighted by Gasteiger charge is -2.38. The maximum absolute atomic E-state index is 6.09. The zero-order valence-corrected chi connectivity index (χ0v) is 11.6. The van der Waals surface area contributed by atoms with Gasteiger partial charge in [-0.15, -0.1) is 0 Å². The predicted octanol–water partition coefficient (Wildman–Crippen LogP) is 2.57. The van der Waals surface area contributed by atoms with E-state index in [2.05, 4.69) is 43.9 Å². The Kier molecular flexibility index (Phi) is 4.12. The van der Waals surface area contributed by atoms with Crippen molar-refractivity contribution in [2.24, 2.45) is 11.7 Å². The zero-order chi connectivity index (χ0) is 13.1. The highest BCUT2D eigenvalue weighted by Crippen LogP contribution is 2.35. The van der Waals surface area contributed by atoms with Crippen molar-refractivity contribution in [2.45, 2.75) is 33.3 Å². The van der Waals surface area contributed by atoms with E-state index < -0.39 is 0 Å². The number of ether oxygens (including phenoxy) is 1. The van der Waals surface area contributed by atoms with Crippen LogP contribution in [-0.2, 0) is 0 Å². The molecule has 0 fully saturated rings. The molecule has 1 aromatic carbocycles. The normalized spacial score (nSPS) is 18.7. The minimum Gasteiger partial charge on any atom is -0.486 e. The summed E-state index contributed by atoms with van der Waals surface area (Å²) in [5.41, 5.74) is 8.13. The third kappa shape index (κ3) is 2.78. The van der Waals surface area contributed by atoms with Gasteiger partial charge in [0.15, 0.2) is 0 Å². The van der Waals surface area contributed by atoms with E-state index in [1.165, 1.54) is 11.3 Å². The molecule has 0 aromatic heterocycles. The van der Waals surface area contributed by atoms with Gasteiger partial charge < -0.3 is 15.4 Å². The lowest BCUT2D eigenvalue weighted by atomic mass is 10.0. The molecule has 0 radical (unpaired) electrons. The number of hydrogen-bond acceptors (Lipinski definition) is 3. The molecular formula is C15H24N2O. The fourth-order valence-electron chi connectivity index (χ4n) is 2.33. The molecule has 0 amide bonds. The number of nitrogens with zero attached hydrogens (tertiary/aromatic N) is 1. The van der Waals surface area contributed by atoms with Gasteiger partial charge >= 0.3 is 0 Å². The van der Waals surface area contributed by atoms with Crippen molar-refractivity contribution in [2.75, 3.05) is 24.5 Å². The van der Waals surface area contributed by atoms with E-state index in [-0.39, 0.29) is 6.10 Å². The minimum absolute atomic E-state index is 0.276. The molecule has 0 aliphatic carbocycles. The first kappa shape index (κ1) is 13.2. The SMILES string of the molecule is Cc1ccc2c(c1)N(CCCN)CC(C(C)C)O2. The molecule has 18 heavy (non-hydrogen) atoms. The van der Waals surface area contributed by atoms with Gasteiger partial charge in [-0.25, -0.2) is 0 Å². The summed E-state index contributed by atoms with van der Waals surface area (Å²) < 4.78 is 6.09. The van der Waals surface area contributed by atoms with Crippen LogP contribution < -0.4 is 15.4 Å². The second kappa shape index (κ2) is 5.61. The number of hydrogen-bond donors (Lipinski definition) is 1. The number of benzene rings is 1. The topological polar surface area (TPSA) is 38.5 Å². The third-order valence-electron chi connectivity index (χ3n) is 3.51. The van der Waals surface area contributed by atoms with Gasteiger partial charge in [0.2, 0.25) is 0 Å². The van der Waals surface area contributed by atoms with E-state index in [1.807, 2.05) is 0 Å². The maximum Gasteiger partial charge on any atom is 0.143 e.